The van der Waals surface area contributed by atoms with E-state index in [1.807, 2.05) is 48.5 Å². The number of halogens is 2. The Kier molecular flexibility index (Phi) is 11.1. The molecular formula is C56H42Br2N2O4. The van der Waals surface area contributed by atoms with Gasteiger partial charge in [0.1, 0.15) is 23.0 Å². The van der Waals surface area contributed by atoms with Gasteiger partial charge in [-0.3, -0.25) is 0 Å². The minimum Gasteiger partial charge on any atom is -0.497 e. The number of rotatable bonds is 11. The Bertz CT molecular complexity index is 3280. The fourth-order valence-corrected chi connectivity index (χ4v) is 9.34. The zero-order valence-electron chi connectivity index (χ0n) is 35.6. The van der Waals surface area contributed by atoms with Crippen molar-refractivity contribution in [2.45, 2.75) is 0 Å². The van der Waals surface area contributed by atoms with Crippen LogP contribution in [0.5, 0.6) is 23.0 Å². The van der Waals surface area contributed by atoms with Crippen molar-refractivity contribution in [3.8, 4) is 101 Å². The zero-order valence-corrected chi connectivity index (χ0v) is 38.7. The first-order chi connectivity index (χ1) is 31.3. The lowest BCUT2D eigenvalue weighted by Crippen LogP contribution is -1.94. The molecular weight excluding hydrogens is 924 g/mol. The minimum atomic E-state index is 0.788. The molecule has 10 aromatic rings. The second kappa shape index (κ2) is 17.3. The van der Waals surface area contributed by atoms with Gasteiger partial charge in [-0.25, -0.2) is 0 Å². The summed E-state index contributed by atoms with van der Waals surface area (Å²) < 4.78 is 24.5. The Morgan fingerprint density at radius 3 is 1.25 bits per heavy atom. The summed E-state index contributed by atoms with van der Waals surface area (Å²) in [6, 6.07) is 57.3. The molecule has 8 heteroatoms. The minimum absolute atomic E-state index is 0.788. The standard InChI is InChI=1S/C56H42Br2N2O4/c1-61-42-21-9-33(10-22-42)39-29-46(34-11-23-43(62-2)24-12-34)53-50(30-39)60-56(51(53)38-7-19-41(58)20-8-38)54-48(36-15-27-45(64-4)28-16-36)31-47(35-13-25-44(63-3)26-14-35)52-49(32-59-55(52)54)37-5-17-40(57)18-6-37/h5-32,59-60H,1-4H3. The Morgan fingerprint density at radius 1 is 0.359 bits per heavy atom. The topological polar surface area (TPSA) is 68.5 Å². The van der Waals surface area contributed by atoms with Gasteiger partial charge in [0, 0.05) is 48.1 Å². The molecule has 0 radical (unpaired) electrons. The molecule has 10 rings (SSSR count). The van der Waals surface area contributed by atoms with E-state index >= 15 is 0 Å². The van der Waals surface area contributed by atoms with Crippen LogP contribution < -0.4 is 18.9 Å². The van der Waals surface area contributed by atoms with Crippen molar-refractivity contribution in [3.63, 3.8) is 0 Å². The summed E-state index contributed by atoms with van der Waals surface area (Å²) in [6.45, 7) is 0. The van der Waals surface area contributed by atoms with E-state index in [2.05, 4.69) is 163 Å². The summed E-state index contributed by atoms with van der Waals surface area (Å²) >= 11 is 7.40. The third-order valence-corrected chi connectivity index (χ3v) is 13.1. The van der Waals surface area contributed by atoms with Crippen LogP contribution in [0.3, 0.4) is 0 Å². The van der Waals surface area contributed by atoms with Gasteiger partial charge in [0.25, 0.3) is 0 Å². The normalized spacial score (nSPS) is 11.3. The highest BCUT2D eigenvalue weighted by Crippen LogP contribution is 2.52. The smallest absolute Gasteiger partial charge is 0.118 e. The molecule has 2 heterocycles. The Hall–Kier alpha value is -7.00. The molecule has 0 aliphatic carbocycles. The second-order valence-electron chi connectivity index (χ2n) is 15.5. The maximum Gasteiger partial charge on any atom is 0.118 e. The molecule has 0 amide bonds. The number of aromatic nitrogens is 2. The van der Waals surface area contributed by atoms with Crippen LogP contribution in [-0.2, 0) is 0 Å². The summed E-state index contributed by atoms with van der Waals surface area (Å²) in [5.41, 5.74) is 16.9. The molecule has 0 unspecified atom stereocenters. The predicted molar refractivity (Wildman–Crippen MR) is 270 cm³/mol. The summed E-state index contributed by atoms with van der Waals surface area (Å²) in [7, 11) is 6.79. The third-order valence-electron chi connectivity index (χ3n) is 12.0. The molecule has 8 aromatic carbocycles. The van der Waals surface area contributed by atoms with Gasteiger partial charge in [-0.1, -0.05) is 105 Å². The highest BCUT2D eigenvalue weighted by molar-refractivity contribution is 9.10. The molecule has 6 nitrogen and oxygen atoms in total. The van der Waals surface area contributed by atoms with Crippen LogP contribution >= 0.6 is 31.9 Å². The summed E-state index contributed by atoms with van der Waals surface area (Å²) in [4.78, 5) is 7.94. The lowest BCUT2D eigenvalue weighted by molar-refractivity contribution is 0.415. The van der Waals surface area contributed by atoms with Gasteiger partial charge >= 0.3 is 0 Å². The molecule has 0 aliphatic rings. The van der Waals surface area contributed by atoms with Crippen molar-refractivity contribution in [2.24, 2.45) is 0 Å². The Labute approximate surface area is 388 Å². The van der Waals surface area contributed by atoms with Crippen LogP contribution in [0, 0.1) is 0 Å². The molecule has 64 heavy (non-hydrogen) atoms. The van der Waals surface area contributed by atoms with Gasteiger partial charge in [-0.05, 0) is 147 Å². The number of nitrogens with one attached hydrogen (secondary N) is 2. The van der Waals surface area contributed by atoms with Gasteiger partial charge in [0.05, 0.1) is 39.6 Å². The second-order valence-corrected chi connectivity index (χ2v) is 17.4. The molecule has 0 spiro atoms. The molecule has 0 saturated heterocycles. The van der Waals surface area contributed by atoms with E-state index < -0.39 is 0 Å². The maximum atomic E-state index is 5.68. The molecule has 314 valence electrons. The first-order valence-electron chi connectivity index (χ1n) is 20.8. The van der Waals surface area contributed by atoms with E-state index in [0.717, 1.165) is 132 Å². The fourth-order valence-electron chi connectivity index (χ4n) is 8.81. The van der Waals surface area contributed by atoms with Gasteiger partial charge < -0.3 is 28.9 Å². The number of hydrogen-bond donors (Lipinski definition) is 2. The van der Waals surface area contributed by atoms with Crippen LogP contribution in [0.4, 0.5) is 0 Å². The lowest BCUT2D eigenvalue weighted by Gasteiger charge is -2.18. The summed E-state index contributed by atoms with van der Waals surface area (Å²) in [5.74, 6) is 3.19. The van der Waals surface area contributed by atoms with Crippen LogP contribution in [0.15, 0.2) is 179 Å². The highest BCUT2D eigenvalue weighted by Gasteiger charge is 2.27. The molecule has 0 fully saturated rings. The van der Waals surface area contributed by atoms with Crippen LogP contribution in [-0.4, -0.2) is 38.4 Å². The van der Waals surface area contributed by atoms with E-state index in [0.29, 0.717) is 0 Å². The highest BCUT2D eigenvalue weighted by atomic mass is 79.9. The first kappa shape index (κ1) is 41.0. The molecule has 2 N–H and O–H groups in total. The Morgan fingerprint density at radius 2 is 0.766 bits per heavy atom. The van der Waals surface area contributed by atoms with Crippen molar-refractivity contribution in [2.75, 3.05) is 28.4 Å². The van der Waals surface area contributed by atoms with Crippen molar-refractivity contribution in [3.05, 3.63) is 179 Å². The number of benzene rings is 8. The number of methoxy groups -OCH3 is 4. The van der Waals surface area contributed by atoms with Crippen molar-refractivity contribution < 1.29 is 18.9 Å². The summed E-state index contributed by atoms with van der Waals surface area (Å²) in [6.07, 6.45) is 2.15. The number of ether oxygens (including phenoxy) is 4. The van der Waals surface area contributed by atoms with Crippen LogP contribution in [0.1, 0.15) is 0 Å². The van der Waals surface area contributed by atoms with Crippen molar-refractivity contribution >= 4 is 53.7 Å². The zero-order chi connectivity index (χ0) is 43.9. The molecule has 0 aliphatic heterocycles. The molecule has 0 atom stereocenters. The van der Waals surface area contributed by atoms with Gasteiger partial charge in [-0.15, -0.1) is 0 Å². The average molecular weight is 967 g/mol. The number of fused-ring (bicyclic) bond motifs is 2. The van der Waals surface area contributed by atoms with Crippen LogP contribution in [0.2, 0.25) is 0 Å². The number of aromatic amines is 2. The fraction of sp³-hybridized carbons (Fsp3) is 0.0714. The largest absolute Gasteiger partial charge is 0.497 e. The van der Waals surface area contributed by atoms with Gasteiger partial charge in [0.2, 0.25) is 0 Å². The molecule has 0 saturated carbocycles. The van der Waals surface area contributed by atoms with E-state index in [-0.39, 0.29) is 0 Å². The predicted octanol–water partition coefficient (Wildman–Crippen LogP) is 15.9. The van der Waals surface area contributed by atoms with E-state index in [4.69, 9.17) is 18.9 Å². The summed E-state index contributed by atoms with van der Waals surface area (Å²) in [5, 5.41) is 2.21. The van der Waals surface area contributed by atoms with Gasteiger partial charge in [0.15, 0.2) is 0 Å². The Balaban J connectivity index is 1.37. The van der Waals surface area contributed by atoms with E-state index in [9.17, 15) is 0 Å². The molecule has 0 bridgehead atoms. The third kappa shape index (κ3) is 7.52. The maximum absolute atomic E-state index is 5.68. The van der Waals surface area contributed by atoms with E-state index in [1.165, 1.54) is 0 Å². The monoisotopic (exact) mass is 964 g/mol. The van der Waals surface area contributed by atoms with Gasteiger partial charge in [-0.2, -0.15) is 0 Å². The number of H-pyrrole nitrogens is 2. The van der Waals surface area contributed by atoms with Crippen molar-refractivity contribution in [1.29, 1.82) is 0 Å². The van der Waals surface area contributed by atoms with Crippen LogP contribution in [0.25, 0.3) is 99.8 Å². The van der Waals surface area contributed by atoms with Crippen molar-refractivity contribution in [1.82, 2.24) is 9.97 Å². The first-order valence-corrected chi connectivity index (χ1v) is 22.4. The quantitative estimate of drug-likeness (QED) is 0.136. The lowest BCUT2D eigenvalue weighted by atomic mass is 9.85. The molecule has 2 aromatic heterocycles. The SMILES string of the molecule is COc1ccc(-c2cc(-c3ccc(OC)cc3)c3c(-c4ccc(Br)cc4)c(-c4c(-c5ccc(OC)cc5)cc(-c5ccc(OC)cc5)c5c(-c6ccc(Br)cc6)c[nH]c45)[nH]c3c2)cc1. The van der Waals surface area contributed by atoms with E-state index in [1.54, 1.807) is 28.4 Å². The number of hydrogen-bond acceptors (Lipinski definition) is 4. The average Bonchev–Trinajstić information content (AvgIpc) is 3.97.